The van der Waals surface area contributed by atoms with Crippen LogP contribution in [0.4, 0.5) is 5.69 Å². The van der Waals surface area contributed by atoms with Crippen LogP contribution in [0.25, 0.3) is 0 Å². The molecule has 0 atom stereocenters. The second-order valence-electron chi connectivity index (χ2n) is 4.54. The molecule has 0 bridgehead atoms. The van der Waals surface area contributed by atoms with Crippen LogP contribution in [-0.4, -0.2) is 30.5 Å². The normalized spacial score (nSPS) is 10.0. The maximum Gasteiger partial charge on any atom is 0.226 e. The molecule has 4 nitrogen and oxygen atoms in total. The van der Waals surface area contributed by atoms with Crippen molar-refractivity contribution in [3.8, 4) is 5.75 Å². The van der Waals surface area contributed by atoms with Gasteiger partial charge in [-0.25, -0.2) is 0 Å². The van der Waals surface area contributed by atoms with Gasteiger partial charge in [0.05, 0.1) is 13.0 Å². The van der Waals surface area contributed by atoms with Crippen molar-refractivity contribution in [3.05, 3.63) is 36.4 Å². The van der Waals surface area contributed by atoms with Gasteiger partial charge in [0.15, 0.2) is 0 Å². The predicted molar refractivity (Wildman–Crippen MR) is 78.0 cm³/mol. The van der Waals surface area contributed by atoms with E-state index >= 15 is 0 Å². The number of benzene rings is 1. The van der Waals surface area contributed by atoms with Gasteiger partial charge in [-0.15, -0.1) is 0 Å². The molecule has 0 saturated heterocycles. The van der Waals surface area contributed by atoms with Gasteiger partial charge in [0.1, 0.15) is 5.75 Å². The van der Waals surface area contributed by atoms with Crippen LogP contribution in [-0.2, 0) is 4.79 Å². The number of amides is 1. The van der Waals surface area contributed by atoms with E-state index in [9.17, 15) is 4.79 Å². The number of hydrogen-bond donors (Lipinski definition) is 1. The molecule has 0 unspecified atom stereocenters. The van der Waals surface area contributed by atoms with Crippen molar-refractivity contribution in [2.45, 2.75) is 20.3 Å². The number of nitrogen functional groups attached to an aromatic ring is 1. The Morgan fingerprint density at radius 2 is 2.21 bits per heavy atom. The van der Waals surface area contributed by atoms with E-state index in [-0.39, 0.29) is 5.91 Å². The summed E-state index contributed by atoms with van der Waals surface area (Å²) in [5.41, 5.74) is 7.28. The largest absolute Gasteiger partial charge is 0.493 e. The standard InChI is InChI=1S/C15H22N2O2/c1-4-17(11-12(2)3)15(18)8-9-19-14-7-5-6-13(16)10-14/h5-7,10H,2,4,8-9,11,16H2,1,3H3. The second kappa shape index (κ2) is 7.46. The van der Waals surface area contributed by atoms with E-state index in [4.69, 9.17) is 10.5 Å². The molecule has 0 aliphatic carbocycles. The average molecular weight is 262 g/mol. The number of hydrogen-bond acceptors (Lipinski definition) is 3. The van der Waals surface area contributed by atoms with Crippen LogP contribution < -0.4 is 10.5 Å². The first kappa shape index (κ1) is 15.1. The molecule has 2 N–H and O–H groups in total. The molecule has 0 aromatic heterocycles. The monoisotopic (exact) mass is 262 g/mol. The molecule has 0 fully saturated rings. The molecule has 19 heavy (non-hydrogen) atoms. The van der Waals surface area contributed by atoms with Gasteiger partial charge in [-0.3, -0.25) is 4.79 Å². The summed E-state index contributed by atoms with van der Waals surface area (Å²) in [6.45, 7) is 9.34. The van der Waals surface area contributed by atoms with Crippen molar-refractivity contribution in [1.29, 1.82) is 0 Å². The summed E-state index contributed by atoms with van der Waals surface area (Å²) >= 11 is 0. The van der Waals surface area contributed by atoms with Gasteiger partial charge in [-0.1, -0.05) is 18.2 Å². The molecule has 0 saturated carbocycles. The number of carbonyl (C=O) groups excluding carboxylic acids is 1. The van der Waals surface area contributed by atoms with Crippen LogP contribution >= 0.6 is 0 Å². The fourth-order valence-electron chi connectivity index (χ4n) is 1.72. The van der Waals surface area contributed by atoms with E-state index in [1.165, 1.54) is 0 Å². The van der Waals surface area contributed by atoms with Crippen molar-refractivity contribution in [1.82, 2.24) is 4.90 Å². The topological polar surface area (TPSA) is 55.6 Å². The Labute approximate surface area is 114 Å². The SMILES string of the molecule is C=C(C)CN(CC)C(=O)CCOc1cccc(N)c1. The molecule has 1 aromatic rings. The van der Waals surface area contributed by atoms with Crippen LogP contribution in [0.5, 0.6) is 5.75 Å². The first-order valence-electron chi connectivity index (χ1n) is 6.43. The summed E-state index contributed by atoms with van der Waals surface area (Å²) in [6, 6.07) is 7.19. The molecule has 1 rings (SSSR count). The van der Waals surface area contributed by atoms with E-state index < -0.39 is 0 Å². The van der Waals surface area contributed by atoms with Crippen LogP contribution in [0.1, 0.15) is 20.3 Å². The second-order valence-corrected chi connectivity index (χ2v) is 4.54. The highest BCUT2D eigenvalue weighted by Crippen LogP contribution is 2.14. The third-order valence-corrected chi connectivity index (χ3v) is 2.64. The molecule has 4 heteroatoms. The summed E-state index contributed by atoms with van der Waals surface area (Å²) in [6.07, 6.45) is 0.357. The molecule has 0 radical (unpaired) electrons. The number of carbonyl (C=O) groups is 1. The van der Waals surface area contributed by atoms with Crippen molar-refractivity contribution >= 4 is 11.6 Å². The van der Waals surface area contributed by atoms with E-state index in [0.717, 1.165) is 5.57 Å². The number of nitrogens with zero attached hydrogens (tertiary/aromatic N) is 1. The van der Waals surface area contributed by atoms with E-state index in [1.807, 2.05) is 26.0 Å². The van der Waals surface area contributed by atoms with Crippen LogP contribution in [0, 0.1) is 0 Å². The molecule has 104 valence electrons. The summed E-state index contributed by atoms with van der Waals surface area (Å²) < 4.78 is 5.51. The Morgan fingerprint density at radius 1 is 1.47 bits per heavy atom. The minimum absolute atomic E-state index is 0.0782. The molecule has 0 spiro atoms. The quantitative estimate of drug-likeness (QED) is 0.606. The third-order valence-electron chi connectivity index (χ3n) is 2.64. The van der Waals surface area contributed by atoms with E-state index in [2.05, 4.69) is 6.58 Å². The molecule has 0 heterocycles. The van der Waals surface area contributed by atoms with E-state index in [1.54, 1.807) is 17.0 Å². The number of ether oxygens (including phenoxy) is 1. The highest BCUT2D eigenvalue weighted by atomic mass is 16.5. The Balaban J connectivity index is 2.39. The van der Waals surface area contributed by atoms with Gasteiger partial charge in [-0.05, 0) is 26.0 Å². The van der Waals surface area contributed by atoms with Crippen LogP contribution in [0.2, 0.25) is 0 Å². The van der Waals surface area contributed by atoms with Crippen molar-refractivity contribution in [3.63, 3.8) is 0 Å². The zero-order valence-electron chi connectivity index (χ0n) is 11.7. The zero-order chi connectivity index (χ0) is 14.3. The zero-order valence-corrected chi connectivity index (χ0v) is 11.7. The number of nitrogens with two attached hydrogens (primary N) is 1. The van der Waals surface area contributed by atoms with Gasteiger partial charge in [0, 0.05) is 24.8 Å². The first-order chi connectivity index (χ1) is 9.02. The van der Waals surface area contributed by atoms with Gasteiger partial charge in [-0.2, -0.15) is 0 Å². The van der Waals surface area contributed by atoms with Gasteiger partial charge < -0.3 is 15.4 Å². The lowest BCUT2D eigenvalue weighted by Crippen LogP contribution is -2.33. The van der Waals surface area contributed by atoms with Gasteiger partial charge >= 0.3 is 0 Å². The lowest BCUT2D eigenvalue weighted by molar-refractivity contribution is -0.131. The maximum absolute atomic E-state index is 11.9. The summed E-state index contributed by atoms with van der Waals surface area (Å²) in [5, 5.41) is 0. The lowest BCUT2D eigenvalue weighted by atomic mass is 10.3. The Bertz CT molecular complexity index is 444. The average Bonchev–Trinajstić information content (AvgIpc) is 2.35. The Kier molecular flexibility index (Phi) is 5.93. The number of rotatable bonds is 7. The van der Waals surface area contributed by atoms with Crippen LogP contribution in [0.15, 0.2) is 36.4 Å². The van der Waals surface area contributed by atoms with Crippen molar-refractivity contribution in [2.24, 2.45) is 0 Å². The van der Waals surface area contributed by atoms with Crippen molar-refractivity contribution in [2.75, 3.05) is 25.4 Å². The summed E-state index contributed by atoms with van der Waals surface area (Å²) in [4.78, 5) is 13.7. The highest BCUT2D eigenvalue weighted by Gasteiger charge is 2.11. The molecular formula is C15H22N2O2. The number of anilines is 1. The Hall–Kier alpha value is -1.97. The van der Waals surface area contributed by atoms with Gasteiger partial charge in [0.25, 0.3) is 0 Å². The molecule has 0 aliphatic rings. The third kappa shape index (κ3) is 5.46. The smallest absolute Gasteiger partial charge is 0.226 e. The highest BCUT2D eigenvalue weighted by molar-refractivity contribution is 5.76. The van der Waals surface area contributed by atoms with Gasteiger partial charge in [0.2, 0.25) is 5.91 Å². The van der Waals surface area contributed by atoms with Crippen molar-refractivity contribution < 1.29 is 9.53 Å². The Morgan fingerprint density at radius 3 is 2.79 bits per heavy atom. The maximum atomic E-state index is 11.9. The molecule has 1 amide bonds. The summed E-state index contributed by atoms with van der Waals surface area (Å²) in [5.74, 6) is 0.769. The fourth-order valence-corrected chi connectivity index (χ4v) is 1.72. The van der Waals surface area contributed by atoms with E-state index in [0.29, 0.717) is 37.6 Å². The minimum Gasteiger partial charge on any atom is -0.493 e. The first-order valence-corrected chi connectivity index (χ1v) is 6.43. The fraction of sp³-hybridized carbons (Fsp3) is 0.400. The molecule has 1 aromatic carbocycles. The van der Waals surface area contributed by atoms with Crippen LogP contribution in [0.3, 0.4) is 0 Å². The minimum atomic E-state index is 0.0782. The molecular weight excluding hydrogens is 240 g/mol. The summed E-state index contributed by atoms with van der Waals surface area (Å²) in [7, 11) is 0. The number of likely N-dealkylation sites (N-methyl/N-ethyl adjacent to an activating group) is 1. The molecule has 0 aliphatic heterocycles. The predicted octanol–water partition coefficient (Wildman–Crippen LogP) is 2.46. The lowest BCUT2D eigenvalue weighted by Gasteiger charge is -2.21.